The first-order valence-corrected chi connectivity index (χ1v) is 8.94. The number of hydrogen-bond donors (Lipinski definition) is 3. The first-order valence-electron chi connectivity index (χ1n) is 8.12. The molecular weight excluding hydrogens is 354 g/mol. The fraction of sp³-hybridized carbons (Fsp3) is 0.333. The van der Waals surface area contributed by atoms with Crippen LogP contribution in [0.25, 0.3) is 0 Å². The average Bonchev–Trinajstić information content (AvgIpc) is 3.01. The minimum absolute atomic E-state index is 0.160. The Hall–Kier alpha value is -2.74. The molecule has 2 rings (SSSR count). The Labute approximate surface area is 155 Å². The number of rotatable bonds is 7. The molecule has 0 spiro atoms. The number of nitrogens with zero attached hydrogens (tertiary/aromatic N) is 1. The summed E-state index contributed by atoms with van der Waals surface area (Å²) in [5, 5.41) is 15.0. The fourth-order valence-electron chi connectivity index (χ4n) is 2.45. The highest BCUT2D eigenvalue weighted by Crippen LogP contribution is 2.23. The number of aromatic nitrogens is 1. The highest BCUT2D eigenvalue weighted by Gasteiger charge is 2.19. The summed E-state index contributed by atoms with van der Waals surface area (Å²) in [6.07, 6.45) is 0.762. The summed E-state index contributed by atoms with van der Waals surface area (Å²) in [7, 11) is 1.57. The van der Waals surface area contributed by atoms with Gasteiger partial charge >= 0.3 is 5.97 Å². The molecule has 1 heterocycles. The summed E-state index contributed by atoms with van der Waals surface area (Å²) < 4.78 is 0. The van der Waals surface area contributed by atoms with E-state index >= 15 is 0 Å². The van der Waals surface area contributed by atoms with Gasteiger partial charge in [-0.05, 0) is 38.0 Å². The first kappa shape index (κ1) is 19.6. The first-order chi connectivity index (χ1) is 12.3. The van der Waals surface area contributed by atoms with Crippen molar-refractivity contribution in [2.24, 2.45) is 0 Å². The van der Waals surface area contributed by atoms with Crippen LogP contribution in [0.1, 0.15) is 55.7 Å². The van der Waals surface area contributed by atoms with E-state index in [9.17, 15) is 14.4 Å². The van der Waals surface area contributed by atoms with Gasteiger partial charge in [-0.3, -0.25) is 9.59 Å². The summed E-state index contributed by atoms with van der Waals surface area (Å²) in [5.41, 5.74) is 1.90. The van der Waals surface area contributed by atoms with Crippen LogP contribution in [0.2, 0.25) is 0 Å². The van der Waals surface area contributed by atoms with E-state index in [0.717, 1.165) is 16.9 Å². The van der Waals surface area contributed by atoms with Crippen molar-refractivity contribution in [2.75, 3.05) is 7.05 Å². The number of carboxylic acids is 1. The second-order valence-corrected chi connectivity index (χ2v) is 6.87. The van der Waals surface area contributed by atoms with Crippen molar-refractivity contribution in [2.45, 2.75) is 32.7 Å². The van der Waals surface area contributed by atoms with E-state index in [-0.39, 0.29) is 29.2 Å². The molecule has 1 atom stereocenters. The van der Waals surface area contributed by atoms with Crippen LogP contribution in [0.5, 0.6) is 0 Å². The third kappa shape index (κ3) is 4.89. The number of aromatic carboxylic acids is 1. The molecule has 0 bridgehead atoms. The van der Waals surface area contributed by atoms with E-state index in [1.165, 1.54) is 0 Å². The molecule has 3 N–H and O–H groups in total. The summed E-state index contributed by atoms with van der Waals surface area (Å²) in [6.45, 7) is 3.41. The van der Waals surface area contributed by atoms with Crippen LogP contribution in [0.4, 0.5) is 0 Å². The van der Waals surface area contributed by atoms with Gasteiger partial charge in [0.1, 0.15) is 9.88 Å². The Bertz CT molecular complexity index is 832. The third-order valence-corrected chi connectivity index (χ3v) is 5.14. The van der Waals surface area contributed by atoms with Gasteiger partial charge in [-0.25, -0.2) is 9.78 Å². The second kappa shape index (κ2) is 8.57. The van der Waals surface area contributed by atoms with Crippen molar-refractivity contribution in [1.29, 1.82) is 0 Å². The SMILES string of the molecule is CNC(=O)c1cccc(CCC(=O)NC(C)c2nc(C)c(C(=O)O)s2)c1. The van der Waals surface area contributed by atoms with Crippen molar-refractivity contribution < 1.29 is 19.5 Å². The molecule has 1 aromatic heterocycles. The quantitative estimate of drug-likeness (QED) is 0.688. The van der Waals surface area contributed by atoms with E-state index in [0.29, 0.717) is 22.7 Å². The minimum atomic E-state index is -1.01. The molecule has 0 saturated carbocycles. The summed E-state index contributed by atoms with van der Waals surface area (Å²) in [4.78, 5) is 39.3. The molecule has 1 aromatic carbocycles. The van der Waals surface area contributed by atoms with Gasteiger partial charge in [-0.1, -0.05) is 12.1 Å². The van der Waals surface area contributed by atoms with Gasteiger partial charge in [-0.15, -0.1) is 11.3 Å². The van der Waals surface area contributed by atoms with Gasteiger partial charge < -0.3 is 15.7 Å². The zero-order valence-corrected chi connectivity index (χ0v) is 15.6. The Morgan fingerprint density at radius 3 is 2.65 bits per heavy atom. The molecule has 0 saturated heterocycles. The highest BCUT2D eigenvalue weighted by molar-refractivity contribution is 7.13. The molecular formula is C18H21N3O4S. The summed E-state index contributed by atoms with van der Waals surface area (Å²) in [6, 6.07) is 6.77. The zero-order valence-electron chi connectivity index (χ0n) is 14.8. The number of carbonyl (C=O) groups excluding carboxylic acids is 2. The predicted octanol–water partition coefficient (Wildman–Crippen LogP) is 2.32. The maximum Gasteiger partial charge on any atom is 0.347 e. The maximum atomic E-state index is 12.2. The molecule has 0 fully saturated rings. The normalized spacial score (nSPS) is 11.7. The highest BCUT2D eigenvalue weighted by atomic mass is 32.1. The number of amides is 2. The number of nitrogens with one attached hydrogen (secondary N) is 2. The topological polar surface area (TPSA) is 108 Å². The van der Waals surface area contributed by atoms with Crippen LogP contribution in [0, 0.1) is 6.92 Å². The number of benzene rings is 1. The molecule has 1 unspecified atom stereocenters. The van der Waals surface area contributed by atoms with Gasteiger partial charge in [0, 0.05) is 19.0 Å². The van der Waals surface area contributed by atoms with Gasteiger partial charge in [0.15, 0.2) is 0 Å². The fourth-order valence-corrected chi connectivity index (χ4v) is 3.35. The molecule has 0 radical (unpaired) electrons. The number of aryl methyl sites for hydroxylation is 2. The minimum Gasteiger partial charge on any atom is -0.477 e. The predicted molar refractivity (Wildman–Crippen MR) is 98.5 cm³/mol. The Morgan fingerprint density at radius 2 is 2.04 bits per heavy atom. The van der Waals surface area contributed by atoms with Crippen LogP contribution < -0.4 is 10.6 Å². The van der Waals surface area contributed by atoms with Crippen LogP contribution in [-0.4, -0.2) is 34.9 Å². The molecule has 2 aromatic rings. The Morgan fingerprint density at radius 1 is 1.31 bits per heavy atom. The lowest BCUT2D eigenvalue weighted by Gasteiger charge is -2.11. The van der Waals surface area contributed by atoms with Crippen LogP contribution in [0.15, 0.2) is 24.3 Å². The van der Waals surface area contributed by atoms with E-state index in [1.54, 1.807) is 39.1 Å². The van der Waals surface area contributed by atoms with Crippen molar-refractivity contribution >= 4 is 29.1 Å². The van der Waals surface area contributed by atoms with E-state index in [4.69, 9.17) is 5.11 Å². The summed E-state index contributed by atoms with van der Waals surface area (Å²) >= 11 is 1.07. The maximum absolute atomic E-state index is 12.2. The van der Waals surface area contributed by atoms with Crippen LogP contribution in [-0.2, 0) is 11.2 Å². The smallest absolute Gasteiger partial charge is 0.347 e. The van der Waals surface area contributed by atoms with Gasteiger partial charge in [0.05, 0.1) is 11.7 Å². The molecule has 0 aliphatic rings. The zero-order chi connectivity index (χ0) is 19.3. The van der Waals surface area contributed by atoms with Gasteiger partial charge in [0.2, 0.25) is 5.91 Å². The summed E-state index contributed by atoms with van der Waals surface area (Å²) in [5.74, 6) is -1.34. The van der Waals surface area contributed by atoms with E-state index in [1.807, 2.05) is 6.07 Å². The molecule has 0 aliphatic heterocycles. The van der Waals surface area contributed by atoms with E-state index in [2.05, 4.69) is 15.6 Å². The Balaban J connectivity index is 1.93. The molecule has 7 nitrogen and oxygen atoms in total. The standard InChI is InChI=1S/C18H21N3O4S/c1-10-15(18(24)25)26-17(21-10)11(2)20-14(22)8-7-12-5-4-6-13(9-12)16(23)19-3/h4-6,9,11H,7-8H2,1-3H3,(H,19,23)(H,20,22)(H,24,25). The Kier molecular flexibility index (Phi) is 6.46. The van der Waals surface area contributed by atoms with Crippen molar-refractivity contribution in [1.82, 2.24) is 15.6 Å². The second-order valence-electron chi connectivity index (χ2n) is 5.84. The average molecular weight is 375 g/mol. The van der Waals surface area contributed by atoms with Crippen LogP contribution >= 0.6 is 11.3 Å². The number of carbonyl (C=O) groups is 3. The van der Waals surface area contributed by atoms with Crippen LogP contribution in [0.3, 0.4) is 0 Å². The van der Waals surface area contributed by atoms with Gasteiger partial charge in [0.25, 0.3) is 5.91 Å². The molecule has 26 heavy (non-hydrogen) atoms. The third-order valence-electron chi connectivity index (χ3n) is 3.81. The van der Waals surface area contributed by atoms with E-state index < -0.39 is 5.97 Å². The molecule has 2 amide bonds. The lowest BCUT2D eigenvalue weighted by Crippen LogP contribution is -2.26. The largest absolute Gasteiger partial charge is 0.477 e. The van der Waals surface area contributed by atoms with Crippen molar-refractivity contribution in [3.63, 3.8) is 0 Å². The monoisotopic (exact) mass is 375 g/mol. The number of thiazole rings is 1. The molecule has 138 valence electrons. The lowest BCUT2D eigenvalue weighted by atomic mass is 10.1. The van der Waals surface area contributed by atoms with Crippen molar-refractivity contribution in [3.05, 3.63) is 51.0 Å². The molecule has 0 aliphatic carbocycles. The number of hydrogen-bond acceptors (Lipinski definition) is 5. The van der Waals surface area contributed by atoms with Crippen molar-refractivity contribution in [3.8, 4) is 0 Å². The molecule has 8 heteroatoms. The van der Waals surface area contributed by atoms with Gasteiger partial charge in [-0.2, -0.15) is 0 Å². The lowest BCUT2D eigenvalue weighted by molar-refractivity contribution is -0.121. The number of carboxylic acid groups (broad SMARTS) is 1.